The highest BCUT2D eigenvalue weighted by Gasteiger charge is 2.15. The molecule has 0 bridgehead atoms. The van der Waals surface area contributed by atoms with Gasteiger partial charge in [0.2, 0.25) is 0 Å². The van der Waals surface area contributed by atoms with E-state index >= 15 is 0 Å². The lowest BCUT2D eigenvalue weighted by Gasteiger charge is -2.22. The Morgan fingerprint density at radius 3 is 3.06 bits per heavy atom. The highest BCUT2D eigenvalue weighted by atomic mass is 16.7. The van der Waals surface area contributed by atoms with Gasteiger partial charge in [-0.05, 0) is 18.9 Å². The van der Waals surface area contributed by atoms with Gasteiger partial charge >= 0.3 is 0 Å². The van der Waals surface area contributed by atoms with Gasteiger partial charge in [-0.3, -0.25) is 0 Å². The van der Waals surface area contributed by atoms with Crippen LogP contribution in [0.3, 0.4) is 0 Å². The molecule has 3 heterocycles. The normalized spacial score (nSPS) is 17.6. The van der Waals surface area contributed by atoms with Crippen molar-refractivity contribution in [2.24, 2.45) is 0 Å². The minimum atomic E-state index is -0.0762. The first-order valence-electron chi connectivity index (χ1n) is 5.93. The third-order valence-electron chi connectivity index (χ3n) is 2.95. The van der Waals surface area contributed by atoms with Gasteiger partial charge < -0.3 is 14.5 Å². The van der Waals surface area contributed by atoms with Crippen molar-refractivity contribution in [3.63, 3.8) is 0 Å². The number of ether oxygens (including phenoxy) is 2. The molecule has 1 aliphatic rings. The number of aromatic amines is 1. The number of hydrogen-bond acceptors (Lipinski definition) is 4. The molecule has 0 unspecified atom stereocenters. The fourth-order valence-electron chi connectivity index (χ4n) is 2.08. The molecule has 0 spiro atoms. The van der Waals surface area contributed by atoms with E-state index in [2.05, 4.69) is 15.0 Å². The Labute approximate surface area is 99.2 Å². The number of H-pyrrole nitrogens is 1. The predicted molar refractivity (Wildman–Crippen MR) is 62.5 cm³/mol. The Morgan fingerprint density at radius 2 is 2.18 bits per heavy atom. The summed E-state index contributed by atoms with van der Waals surface area (Å²) >= 11 is 0. The van der Waals surface area contributed by atoms with Crippen LogP contribution in [0, 0.1) is 0 Å². The quantitative estimate of drug-likeness (QED) is 0.875. The summed E-state index contributed by atoms with van der Waals surface area (Å²) in [6, 6.07) is 2.01. The summed E-state index contributed by atoms with van der Waals surface area (Å²) in [5.74, 6) is 0. The molecule has 0 radical (unpaired) electrons. The van der Waals surface area contributed by atoms with Crippen molar-refractivity contribution in [2.45, 2.75) is 25.6 Å². The summed E-state index contributed by atoms with van der Waals surface area (Å²) in [5, 5.41) is 1.09. The molecule has 5 heteroatoms. The van der Waals surface area contributed by atoms with E-state index in [0.29, 0.717) is 0 Å². The number of fused-ring (bicyclic) bond motifs is 1. The number of aryl methyl sites for hydroxylation is 1. The minimum absolute atomic E-state index is 0.0762. The standard InChI is InChI=1S/C12H15N3O2/c1-6-16-11(17-7-1)3-2-10-9-4-5-13-12(9)15-8-14-10/h4-5,8,11H,1-3,6-7H2,(H,13,14,15). The molecule has 1 fully saturated rings. The SMILES string of the molecule is c1nc(CCC2OCCCO2)c2cc[nH]c2n1. The smallest absolute Gasteiger partial charge is 0.157 e. The Balaban J connectivity index is 1.69. The lowest BCUT2D eigenvalue weighted by atomic mass is 10.1. The number of nitrogens with one attached hydrogen (secondary N) is 1. The first-order chi connectivity index (χ1) is 8.43. The fraction of sp³-hybridized carbons (Fsp3) is 0.500. The first-order valence-corrected chi connectivity index (χ1v) is 5.93. The third-order valence-corrected chi connectivity index (χ3v) is 2.95. The minimum Gasteiger partial charge on any atom is -0.353 e. The molecule has 90 valence electrons. The van der Waals surface area contributed by atoms with Gasteiger partial charge in [0.05, 0.1) is 18.9 Å². The van der Waals surface area contributed by atoms with Crippen LogP contribution in [0.15, 0.2) is 18.6 Å². The number of aromatic nitrogens is 3. The monoisotopic (exact) mass is 233 g/mol. The van der Waals surface area contributed by atoms with Crippen LogP contribution in [0.1, 0.15) is 18.5 Å². The lowest BCUT2D eigenvalue weighted by Crippen LogP contribution is -2.25. The van der Waals surface area contributed by atoms with E-state index in [4.69, 9.17) is 9.47 Å². The van der Waals surface area contributed by atoms with Crippen molar-refractivity contribution in [3.05, 3.63) is 24.3 Å². The molecule has 1 N–H and O–H groups in total. The predicted octanol–water partition coefficient (Wildman–Crippen LogP) is 1.65. The van der Waals surface area contributed by atoms with Crippen LogP contribution in [0.25, 0.3) is 11.0 Å². The molecule has 5 nitrogen and oxygen atoms in total. The molecule has 0 aromatic carbocycles. The second-order valence-electron chi connectivity index (χ2n) is 4.12. The van der Waals surface area contributed by atoms with Crippen molar-refractivity contribution in [1.29, 1.82) is 0 Å². The van der Waals surface area contributed by atoms with Crippen LogP contribution in [0.4, 0.5) is 0 Å². The zero-order chi connectivity index (χ0) is 11.5. The van der Waals surface area contributed by atoms with Gasteiger partial charge in [0.15, 0.2) is 6.29 Å². The zero-order valence-electron chi connectivity index (χ0n) is 9.56. The summed E-state index contributed by atoms with van der Waals surface area (Å²) in [4.78, 5) is 11.6. The molecular formula is C12H15N3O2. The molecule has 1 saturated heterocycles. The maximum absolute atomic E-state index is 5.52. The number of rotatable bonds is 3. The second-order valence-corrected chi connectivity index (χ2v) is 4.12. The fourth-order valence-corrected chi connectivity index (χ4v) is 2.08. The average Bonchev–Trinajstić information content (AvgIpc) is 2.86. The van der Waals surface area contributed by atoms with Gasteiger partial charge in [-0.1, -0.05) is 0 Å². The molecule has 0 saturated carbocycles. The van der Waals surface area contributed by atoms with Gasteiger partial charge in [-0.25, -0.2) is 9.97 Å². The van der Waals surface area contributed by atoms with Crippen LogP contribution in [0.2, 0.25) is 0 Å². The Morgan fingerprint density at radius 1 is 1.29 bits per heavy atom. The van der Waals surface area contributed by atoms with Gasteiger partial charge in [0, 0.05) is 18.0 Å². The van der Waals surface area contributed by atoms with Crippen molar-refractivity contribution < 1.29 is 9.47 Å². The largest absolute Gasteiger partial charge is 0.353 e. The summed E-state index contributed by atoms with van der Waals surface area (Å²) in [6.45, 7) is 1.60. The van der Waals surface area contributed by atoms with E-state index < -0.39 is 0 Å². The van der Waals surface area contributed by atoms with Crippen molar-refractivity contribution >= 4 is 11.0 Å². The van der Waals surface area contributed by atoms with Crippen LogP contribution < -0.4 is 0 Å². The summed E-state index contributed by atoms with van der Waals surface area (Å²) in [7, 11) is 0. The van der Waals surface area contributed by atoms with Crippen LogP contribution in [-0.2, 0) is 15.9 Å². The molecule has 2 aromatic heterocycles. The van der Waals surface area contributed by atoms with Crippen LogP contribution in [-0.4, -0.2) is 34.5 Å². The van der Waals surface area contributed by atoms with Crippen molar-refractivity contribution in [2.75, 3.05) is 13.2 Å². The lowest BCUT2D eigenvalue weighted by molar-refractivity contribution is -0.180. The van der Waals surface area contributed by atoms with E-state index in [1.807, 2.05) is 12.3 Å². The second kappa shape index (κ2) is 4.81. The Bertz CT molecular complexity index is 491. The van der Waals surface area contributed by atoms with E-state index in [-0.39, 0.29) is 6.29 Å². The van der Waals surface area contributed by atoms with E-state index in [1.165, 1.54) is 0 Å². The highest BCUT2D eigenvalue weighted by Crippen LogP contribution is 2.17. The molecule has 0 atom stereocenters. The topological polar surface area (TPSA) is 60.0 Å². The van der Waals surface area contributed by atoms with E-state index in [9.17, 15) is 0 Å². The first kappa shape index (κ1) is 10.7. The van der Waals surface area contributed by atoms with Gasteiger partial charge in [-0.15, -0.1) is 0 Å². The van der Waals surface area contributed by atoms with Gasteiger partial charge in [0.25, 0.3) is 0 Å². The average molecular weight is 233 g/mol. The summed E-state index contributed by atoms with van der Waals surface area (Å²) in [6.07, 6.45) is 6.09. The molecule has 0 amide bonds. The number of hydrogen-bond donors (Lipinski definition) is 1. The van der Waals surface area contributed by atoms with Crippen molar-refractivity contribution in [3.8, 4) is 0 Å². The van der Waals surface area contributed by atoms with E-state index in [0.717, 1.165) is 49.2 Å². The molecule has 0 aliphatic carbocycles. The van der Waals surface area contributed by atoms with Crippen LogP contribution >= 0.6 is 0 Å². The molecule has 1 aliphatic heterocycles. The Kier molecular flexibility index (Phi) is 3.02. The van der Waals surface area contributed by atoms with Crippen molar-refractivity contribution in [1.82, 2.24) is 15.0 Å². The highest BCUT2D eigenvalue weighted by molar-refractivity contribution is 5.77. The number of nitrogens with zero attached hydrogens (tertiary/aromatic N) is 2. The Hall–Kier alpha value is -1.46. The molecule has 3 rings (SSSR count). The molecule has 17 heavy (non-hydrogen) atoms. The maximum atomic E-state index is 5.52. The summed E-state index contributed by atoms with van der Waals surface area (Å²) < 4.78 is 11.0. The van der Waals surface area contributed by atoms with Gasteiger partial charge in [-0.2, -0.15) is 0 Å². The van der Waals surface area contributed by atoms with Crippen LogP contribution in [0.5, 0.6) is 0 Å². The molecule has 2 aromatic rings. The van der Waals surface area contributed by atoms with Gasteiger partial charge in [0.1, 0.15) is 12.0 Å². The third kappa shape index (κ3) is 2.30. The summed E-state index contributed by atoms with van der Waals surface area (Å²) in [5.41, 5.74) is 1.94. The van der Waals surface area contributed by atoms with E-state index in [1.54, 1.807) is 6.33 Å². The maximum Gasteiger partial charge on any atom is 0.157 e. The molecular weight excluding hydrogens is 218 g/mol. The zero-order valence-corrected chi connectivity index (χ0v) is 9.56.